The topological polar surface area (TPSA) is 44.5 Å². The summed E-state index contributed by atoms with van der Waals surface area (Å²) in [5.41, 5.74) is 6.50. The molecule has 2 N–H and O–H groups in total. The van der Waals surface area contributed by atoms with Gasteiger partial charge in [-0.15, -0.1) is 12.4 Å². The third-order valence-corrected chi connectivity index (χ3v) is 2.52. The largest absolute Gasteiger partial charge is 0.495 e. The van der Waals surface area contributed by atoms with Crippen LogP contribution in [0.25, 0.3) is 0 Å². The van der Waals surface area contributed by atoms with Gasteiger partial charge in [0.05, 0.1) is 14.2 Å². The maximum atomic E-state index is 5.52. The molecule has 0 saturated carbocycles. The zero-order chi connectivity index (χ0) is 9.84. The van der Waals surface area contributed by atoms with E-state index in [0.717, 1.165) is 21.5 Å². The molecule has 0 spiro atoms. The molecule has 0 atom stereocenters. The lowest BCUT2D eigenvalue weighted by molar-refractivity contribution is 0.388. The molecule has 1 aromatic carbocycles. The molecular weight excluding hydrogens is 269 g/mol. The minimum Gasteiger partial charge on any atom is -0.495 e. The van der Waals surface area contributed by atoms with E-state index in [1.165, 1.54) is 0 Å². The summed E-state index contributed by atoms with van der Waals surface area (Å²) in [7, 11) is 3.22. The Balaban J connectivity index is 0.00000169. The van der Waals surface area contributed by atoms with Crippen LogP contribution in [0.4, 0.5) is 0 Å². The molecule has 1 rings (SSSR count). The standard InChI is InChI=1S/C9H12BrNO2.ClH/c1-12-7-3-6(5-11)4-8(13-2)9(7)10;/h3-4H,5,11H2,1-2H3;1H. The van der Waals surface area contributed by atoms with Crippen LogP contribution in [-0.4, -0.2) is 14.2 Å². The van der Waals surface area contributed by atoms with E-state index in [-0.39, 0.29) is 12.4 Å². The van der Waals surface area contributed by atoms with Gasteiger partial charge in [-0.3, -0.25) is 0 Å². The number of ether oxygens (including phenoxy) is 2. The fourth-order valence-corrected chi connectivity index (χ4v) is 1.59. The molecule has 0 aromatic heterocycles. The molecule has 0 aliphatic heterocycles. The molecule has 0 aliphatic carbocycles. The average molecular weight is 283 g/mol. The Morgan fingerprint density at radius 1 is 1.21 bits per heavy atom. The van der Waals surface area contributed by atoms with Crippen molar-refractivity contribution in [3.63, 3.8) is 0 Å². The monoisotopic (exact) mass is 281 g/mol. The predicted octanol–water partition coefficient (Wildman–Crippen LogP) is 2.35. The Morgan fingerprint density at radius 2 is 1.64 bits per heavy atom. The van der Waals surface area contributed by atoms with Crippen LogP contribution in [0.1, 0.15) is 5.56 Å². The Labute approximate surface area is 98.1 Å². The normalized spacial score (nSPS) is 9.14. The van der Waals surface area contributed by atoms with Gasteiger partial charge in [-0.05, 0) is 33.6 Å². The summed E-state index contributed by atoms with van der Waals surface area (Å²) in [5.74, 6) is 1.47. The van der Waals surface area contributed by atoms with E-state index < -0.39 is 0 Å². The second-order valence-electron chi connectivity index (χ2n) is 2.52. The van der Waals surface area contributed by atoms with Crippen molar-refractivity contribution < 1.29 is 9.47 Å². The van der Waals surface area contributed by atoms with Crippen LogP contribution in [0.3, 0.4) is 0 Å². The van der Waals surface area contributed by atoms with Gasteiger partial charge in [0.25, 0.3) is 0 Å². The van der Waals surface area contributed by atoms with E-state index in [0.29, 0.717) is 6.54 Å². The summed E-state index contributed by atoms with van der Waals surface area (Å²) >= 11 is 3.37. The van der Waals surface area contributed by atoms with Crippen molar-refractivity contribution in [2.45, 2.75) is 6.54 Å². The molecule has 1 aromatic rings. The number of methoxy groups -OCH3 is 2. The minimum absolute atomic E-state index is 0. The molecule has 0 amide bonds. The van der Waals surface area contributed by atoms with Gasteiger partial charge in [0.1, 0.15) is 16.0 Å². The Kier molecular flexibility index (Phi) is 5.92. The van der Waals surface area contributed by atoms with Crippen molar-refractivity contribution in [3.8, 4) is 11.5 Å². The van der Waals surface area contributed by atoms with Gasteiger partial charge in [-0.25, -0.2) is 0 Å². The molecule has 0 bridgehead atoms. The van der Waals surface area contributed by atoms with E-state index in [1.54, 1.807) is 14.2 Å². The summed E-state index contributed by atoms with van der Waals surface area (Å²) < 4.78 is 11.1. The van der Waals surface area contributed by atoms with Crippen LogP contribution in [0, 0.1) is 0 Å². The number of hydrogen-bond acceptors (Lipinski definition) is 3. The Bertz CT molecular complexity index is 282. The fraction of sp³-hybridized carbons (Fsp3) is 0.333. The Morgan fingerprint density at radius 3 is 1.93 bits per heavy atom. The summed E-state index contributed by atoms with van der Waals surface area (Å²) in [6.45, 7) is 0.472. The van der Waals surface area contributed by atoms with Crippen molar-refractivity contribution in [3.05, 3.63) is 22.2 Å². The van der Waals surface area contributed by atoms with Crippen LogP contribution in [0.15, 0.2) is 16.6 Å². The molecule has 5 heteroatoms. The molecule has 0 fully saturated rings. The minimum atomic E-state index is 0. The number of benzene rings is 1. The highest BCUT2D eigenvalue weighted by Gasteiger charge is 2.08. The first-order valence-electron chi connectivity index (χ1n) is 3.83. The summed E-state index contributed by atoms with van der Waals surface area (Å²) in [6.07, 6.45) is 0. The number of nitrogens with two attached hydrogens (primary N) is 1. The number of halogens is 2. The van der Waals surface area contributed by atoms with Crippen LogP contribution >= 0.6 is 28.3 Å². The van der Waals surface area contributed by atoms with E-state index >= 15 is 0 Å². The molecule has 14 heavy (non-hydrogen) atoms. The van der Waals surface area contributed by atoms with Crippen molar-refractivity contribution >= 4 is 28.3 Å². The fourth-order valence-electron chi connectivity index (χ4n) is 1.04. The van der Waals surface area contributed by atoms with Crippen molar-refractivity contribution in [1.29, 1.82) is 0 Å². The van der Waals surface area contributed by atoms with Crippen LogP contribution in [-0.2, 0) is 6.54 Å². The second-order valence-corrected chi connectivity index (χ2v) is 3.31. The second kappa shape index (κ2) is 6.11. The molecule has 0 saturated heterocycles. The molecule has 0 radical (unpaired) electrons. The first kappa shape index (κ1) is 13.6. The van der Waals surface area contributed by atoms with Crippen LogP contribution in [0.5, 0.6) is 11.5 Å². The van der Waals surface area contributed by atoms with Crippen molar-refractivity contribution in [2.24, 2.45) is 5.73 Å². The van der Waals surface area contributed by atoms with Crippen molar-refractivity contribution in [1.82, 2.24) is 0 Å². The van der Waals surface area contributed by atoms with Gasteiger partial charge in [0, 0.05) is 6.54 Å². The van der Waals surface area contributed by atoms with E-state index in [4.69, 9.17) is 15.2 Å². The van der Waals surface area contributed by atoms with E-state index in [9.17, 15) is 0 Å². The first-order chi connectivity index (χ1) is 6.22. The molecule has 0 aliphatic rings. The van der Waals surface area contributed by atoms with Gasteiger partial charge >= 0.3 is 0 Å². The quantitative estimate of drug-likeness (QED) is 0.925. The highest BCUT2D eigenvalue weighted by molar-refractivity contribution is 9.10. The van der Waals surface area contributed by atoms with E-state index in [2.05, 4.69) is 15.9 Å². The average Bonchev–Trinajstić information content (AvgIpc) is 2.18. The lowest BCUT2D eigenvalue weighted by Crippen LogP contribution is -1.99. The third-order valence-electron chi connectivity index (χ3n) is 1.74. The maximum absolute atomic E-state index is 5.52. The predicted molar refractivity (Wildman–Crippen MR) is 62.4 cm³/mol. The summed E-state index contributed by atoms with van der Waals surface area (Å²) in [6, 6.07) is 3.76. The van der Waals surface area contributed by atoms with Crippen LogP contribution in [0.2, 0.25) is 0 Å². The molecule has 80 valence electrons. The molecule has 3 nitrogen and oxygen atoms in total. The van der Waals surface area contributed by atoms with Gasteiger partial charge in [-0.1, -0.05) is 0 Å². The zero-order valence-corrected chi connectivity index (χ0v) is 10.4. The van der Waals surface area contributed by atoms with Gasteiger partial charge in [-0.2, -0.15) is 0 Å². The van der Waals surface area contributed by atoms with Crippen LogP contribution < -0.4 is 15.2 Å². The van der Waals surface area contributed by atoms with Gasteiger partial charge in [0.2, 0.25) is 0 Å². The molecule has 0 unspecified atom stereocenters. The maximum Gasteiger partial charge on any atom is 0.137 e. The molecular formula is C9H13BrClNO2. The summed E-state index contributed by atoms with van der Waals surface area (Å²) in [5, 5.41) is 0. The van der Waals surface area contributed by atoms with Gasteiger partial charge in [0.15, 0.2) is 0 Å². The van der Waals surface area contributed by atoms with Crippen molar-refractivity contribution in [2.75, 3.05) is 14.2 Å². The SMILES string of the molecule is COc1cc(CN)cc(OC)c1Br.Cl. The smallest absolute Gasteiger partial charge is 0.137 e. The van der Waals surface area contributed by atoms with Gasteiger partial charge < -0.3 is 15.2 Å². The summed E-state index contributed by atoms with van der Waals surface area (Å²) in [4.78, 5) is 0. The van der Waals surface area contributed by atoms with E-state index in [1.807, 2.05) is 12.1 Å². The number of hydrogen-bond donors (Lipinski definition) is 1. The zero-order valence-electron chi connectivity index (χ0n) is 8.04. The lowest BCUT2D eigenvalue weighted by atomic mass is 10.2. The first-order valence-corrected chi connectivity index (χ1v) is 4.62. The highest BCUT2D eigenvalue weighted by Crippen LogP contribution is 2.35. The lowest BCUT2D eigenvalue weighted by Gasteiger charge is -2.10. The highest BCUT2D eigenvalue weighted by atomic mass is 79.9. The Hall–Kier alpha value is -0.450. The third kappa shape index (κ3) is 2.77. The molecule has 0 heterocycles. The number of rotatable bonds is 3.